The molecule has 0 saturated heterocycles. The second-order valence-electron chi connectivity index (χ2n) is 2.76. The second kappa shape index (κ2) is 4.07. The minimum absolute atomic E-state index is 0.381. The molecule has 0 fully saturated rings. The van der Waals surface area contributed by atoms with E-state index in [4.69, 9.17) is 5.26 Å². The van der Waals surface area contributed by atoms with Crippen LogP contribution in [0.3, 0.4) is 0 Å². The molecule has 0 amide bonds. The maximum Gasteiger partial charge on any atom is 0.187 e. The van der Waals surface area contributed by atoms with Gasteiger partial charge < -0.3 is 5.32 Å². The van der Waals surface area contributed by atoms with Gasteiger partial charge in [-0.15, -0.1) is 11.3 Å². The highest BCUT2D eigenvalue weighted by atomic mass is 32.1. The van der Waals surface area contributed by atoms with E-state index >= 15 is 0 Å². The second-order valence-corrected chi connectivity index (χ2v) is 3.66. The van der Waals surface area contributed by atoms with Gasteiger partial charge in [-0.25, -0.2) is 9.37 Å². The lowest BCUT2D eigenvalue weighted by atomic mass is 10.2. The predicted octanol–water partition coefficient (Wildman–Crippen LogP) is 2.90. The molecule has 0 unspecified atom stereocenters. The zero-order valence-electron chi connectivity index (χ0n) is 7.57. The van der Waals surface area contributed by atoms with Gasteiger partial charge in [0.2, 0.25) is 0 Å². The molecule has 2 aromatic rings. The first-order chi connectivity index (χ1) is 7.29. The largest absolute Gasteiger partial charge is 0.330 e. The van der Waals surface area contributed by atoms with Gasteiger partial charge in [0.15, 0.2) is 5.13 Å². The molecule has 0 aliphatic carbocycles. The van der Waals surface area contributed by atoms with E-state index in [0.717, 1.165) is 0 Å². The SMILES string of the molecule is N#Cc1ccc(F)cc1Nc1nccs1. The third-order valence-electron chi connectivity index (χ3n) is 1.78. The molecular weight excluding hydrogens is 213 g/mol. The summed E-state index contributed by atoms with van der Waals surface area (Å²) < 4.78 is 12.9. The molecule has 2 rings (SSSR count). The lowest BCUT2D eigenvalue weighted by molar-refractivity contribution is 0.628. The van der Waals surface area contributed by atoms with Crippen molar-refractivity contribution in [3.8, 4) is 6.07 Å². The van der Waals surface area contributed by atoms with Crippen LogP contribution in [0.25, 0.3) is 0 Å². The number of rotatable bonds is 2. The van der Waals surface area contributed by atoms with Crippen molar-refractivity contribution in [3.05, 3.63) is 41.2 Å². The topological polar surface area (TPSA) is 48.7 Å². The Kier molecular flexibility index (Phi) is 2.61. The summed E-state index contributed by atoms with van der Waals surface area (Å²) in [6.45, 7) is 0. The Labute approximate surface area is 89.8 Å². The van der Waals surface area contributed by atoms with E-state index in [0.29, 0.717) is 16.4 Å². The third-order valence-corrected chi connectivity index (χ3v) is 2.46. The Morgan fingerprint density at radius 3 is 3.00 bits per heavy atom. The number of nitrogens with one attached hydrogen (secondary N) is 1. The van der Waals surface area contributed by atoms with Crippen LogP contribution >= 0.6 is 11.3 Å². The Morgan fingerprint density at radius 2 is 2.33 bits per heavy atom. The number of nitrogens with zero attached hydrogens (tertiary/aromatic N) is 2. The van der Waals surface area contributed by atoms with Crippen LogP contribution in [0, 0.1) is 17.1 Å². The summed E-state index contributed by atoms with van der Waals surface area (Å²) in [6, 6.07) is 5.95. The number of benzene rings is 1. The number of halogens is 1. The van der Waals surface area contributed by atoms with E-state index in [-0.39, 0.29) is 5.82 Å². The van der Waals surface area contributed by atoms with E-state index in [1.54, 1.807) is 11.6 Å². The van der Waals surface area contributed by atoms with Crippen LogP contribution in [0.1, 0.15) is 5.56 Å². The summed E-state index contributed by atoms with van der Waals surface area (Å²) >= 11 is 1.39. The average molecular weight is 219 g/mol. The van der Waals surface area contributed by atoms with Crippen LogP contribution in [-0.4, -0.2) is 4.98 Å². The Hall–Kier alpha value is -1.93. The quantitative estimate of drug-likeness (QED) is 0.844. The van der Waals surface area contributed by atoms with Crippen molar-refractivity contribution < 1.29 is 4.39 Å². The summed E-state index contributed by atoms with van der Waals surface area (Å²) in [6.07, 6.45) is 1.64. The Balaban J connectivity index is 2.35. The minimum Gasteiger partial charge on any atom is -0.330 e. The first-order valence-corrected chi connectivity index (χ1v) is 5.04. The van der Waals surface area contributed by atoms with Crippen LogP contribution < -0.4 is 5.32 Å². The van der Waals surface area contributed by atoms with Gasteiger partial charge in [0, 0.05) is 11.6 Å². The lowest BCUT2D eigenvalue weighted by Crippen LogP contribution is -1.93. The molecule has 0 atom stereocenters. The van der Waals surface area contributed by atoms with Gasteiger partial charge in [0.05, 0.1) is 11.3 Å². The van der Waals surface area contributed by atoms with E-state index < -0.39 is 0 Å². The molecule has 0 aliphatic rings. The van der Waals surface area contributed by atoms with Gasteiger partial charge in [-0.3, -0.25) is 0 Å². The number of hydrogen-bond donors (Lipinski definition) is 1. The average Bonchev–Trinajstić information content (AvgIpc) is 2.71. The number of hydrogen-bond acceptors (Lipinski definition) is 4. The normalized spacial score (nSPS) is 9.60. The monoisotopic (exact) mass is 219 g/mol. The molecule has 74 valence electrons. The Morgan fingerprint density at radius 1 is 1.47 bits per heavy atom. The van der Waals surface area contributed by atoms with E-state index in [9.17, 15) is 4.39 Å². The van der Waals surface area contributed by atoms with Gasteiger partial charge in [0.1, 0.15) is 11.9 Å². The van der Waals surface area contributed by atoms with E-state index in [1.165, 1.54) is 29.5 Å². The van der Waals surface area contributed by atoms with Crippen LogP contribution in [-0.2, 0) is 0 Å². The van der Waals surface area contributed by atoms with Crippen molar-refractivity contribution in [2.75, 3.05) is 5.32 Å². The predicted molar refractivity (Wildman–Crippen MR) is 56.5 cm³/mol. The first kappa shape index (κ1) is 9.62. The maximum atomic E-state index is 12.9. The van der Waals surface area contributed by atoms with E-state index in [2.05, 4.69) is 10.3 Å². The fourth-order valence-electron chi connectivity index (χ4n) is 1.12. The fraction of sp³-hybridized carbons (Fsp3) is 0. The summed E-state index contributed by atoms with van der Waals surface area (Å²) in [5, 5.41) is 14.1. The Bertz CT molecular complexity index is 502. The third kappa shape index (κ3) is 2.11. The maximum absolute atomic E-state index is 12.9. The first-order valence-electron chi connectivity index (χ1n) is 4.16. The standard InChI is InChI=1S/C10H6FN3S/c11-8-2-1-7(6-12)9(5-8)14-10-13-3-4-15-10/h1-5H,(H,13,14). The van der Waals surface area contributed by atoms with Crippen molar-refractivity contribution >= 4 is 22.2 Å². The molecule has 1 aromatic heterocycles. The van der Waals surface area contributed by atoms with Crippen molar-refractivity contribution in [2.45, 2.75) is 0 Å². The van der Waals surface area contributed by atoms with Gasteiger partial charge in [-0.05, 0) is 18.2 Å². The van der Waals surface area contributed by atoms with Gasteiger partial charge in [-0.1, -0.05) is 0 Å². The number of anilines is 2. The molecule has 5 heteroatoms. The summed E-state index contributed by atoms with van der Waals surface area (Å²) in [7, 11) is 0. The summed E-state index contributed by atoms with van der Waals surface area (Å²) in [4.78, 5) is 3.99. The number of thiazole rings is 1. The van der Waals surface area contributed by atoms with Gasteiger partial charge >= 0.3 is 0 Å². The van der Waals surface area contributed by atoms with Crippen molar-refractivity contribution in [1.29, 1.82) is 5.26 Å². The molecular formula is C10H6FN3S. The molecule has 0 radical (unpaired) electrons. The van der Waals surface area contributed by atoms with Gasteiger partial charge in [0.25, 0.3) is 0 Å². The summed E-state index contributed by atoms with van der Waals surface area (Å²) in [5.74, 6) is -0.381. The van der Waals surface area contributed by atoms with Crippen molar-refractivity contribution in [2.24, 2.45) is 0 Å². The highest BCUT2D eigenvalue weighted by Crippen LogP contribution is 2.22. The molecule has 1 aromatic carbocycles. The zero-order chi connectivity index (χ0) is 10.7. The molecule has 1 N–H and O–H groups in total. The molecule has 15 heavy (non-hydrogen) atoms. The lowest BCUT2D eigenvalue weighted by Gasteiger charge is -2.04. The zero-order valence-corrected chi connectivity index (χ0v) is 8.38. The van der Waals surface area contributed by atoms with Crippen LogP contribution in [0.15, 0.2) is 29.8 Å². The highest BCUT2D eigenvalue weighted by molar-refractivity contribution is 7.13. The summed E-state index contributed by atoms with van der Waals surface area (Å²) in [5.41, 5.74) is 0.832. The fourth-order valence-corrected chi connectivity index (χ4v) is 1.66. The van der Waals surface area contributed by atoms with Crippen LogP contribution in [0.5, 0.6) is 0 Å². The van der Waals surface area contributed by atoms with Crippen molar-refractivity contribution in [1.82, 2.24) is 4.98 Å². The molecule has 0 saturated carbocycles. The van der Waals surface area contributed by atoms with Crippen LogP contribution in [0.4, 0.5) is 15.2 Å². The molecule has 0 bridgehead atoms. The molecule has 3 nitrogen and oxygen atoms in total. The molecule has 0 aliphatic heterocycles. The van der Waals surface area contributed by atoms with Gasteiger partial charge in [-0.2, -0.15) is 5.26 Å². The molecule has 0 spiro atoms. The van der Waals surface area contributed by atoms with Crippen molar-refractivity contribution in [3.63, 3.8) is 0 Å². The van der Waals surface area contributed by atoms with E-state index in [1.807, 2.05) is 6.07 Å². The smallest absolute Gasteiger partial charge is 0.187 e. The molecule has 1 heterocycles. The number of aromatic nitrogens is 1. The number of nitriles is 1. The van der Waals surface area contributed by atoms with Crippen LogP contribution in [0.2, 0.25) is 0 Å². The highest BCUT2D eigenvalue weighted by Gasteiger charge is 2.04. The minimum atomic E-state index is -0.381.